The summed E-state index contributed by atoms with van der Waals surface area (Å²) in [4.78, 5) is 25.7. The number of hydrogen-bond donors (Lipinski definition) is 1. The standard InChI is InChI=1S/C20H23N3O3/c1-14-5-8-17(9-6-14)21-20(24)16-7-10-18(19(12-16)23(25)26)22-11-3-4-15(2)13-22/h5-10,12,15H,3-4,11,13H2,1-2H3,(H,21,24). The molecule has 1 amide bonds. The molecule has 0 spiro atoms. The van der Waals surface area contributed by atoms with Crippen molar-refractivity contribution in [2.75, 3.05) is 23.3 Å². The Balaban J connectivity index is 1.84. The summed E-state index contributed by atoms with van der Waals surface area (Å²) in [7, 11) is 0. The van der Waals surface area contributed by atoms with Gasteiger partial charge in [0.05, 0.1) is 4.92 Å². The largest absolute Gasteiger partial charge is 0.366 e. The van der Waals surface area contributed by atoms with Crippen molar-refractivity contribution < 1.29 is 9.72 Å². The molecular formula is C20H23N3O3. The van der Waals surface area contributed by atoms with E-state index in [1.54, 1.807) is 12.1 Å². The molecule has 1 N–H and O–H groups in total. The van der Waals surface area contributed by atoms with Gasteiger partial charge >= 0.3 is 0 Å². The maximum atomic E-state index is 12.5. The maximum Gasteiger partial charge on any atom is 0.293 e. The van der Waals surface area contributed by atoms with E-state index in [4.69, 9.17) is 0 Å². The third kappa shape index (κ3) is 4.02. The molecular weight excluding hydrogens is 330 g/mol. The number of nitro groups is 1. The van der Waals surface area contributed by atoms with Gasteiger partial charge in [-0.05, 0) is 49.9 Å². The summed E-state index contributed by atoms with van der Waals surface area (Å²) >= 11 is 0. The monoisotopic (exact) mass is 353 g/mol. The second-order valence-electron chi connectivity index (χ2n) is 6.97. The molecule has 2 aromatic carbocycles. The summed E-state index contributed by atoms with van der Waals surface area (Å²) in [6.07, 6.45) is 2.16. The van der Waals surface area contributed by atoms with Gasteiger partial charge in [0.25, 0.3) is 11.6 Å². The van der Waals surface area contributed by atoms with Gasteiger partial charge in [-0.2, -0.15) is 0 Å². The van der Waals surface area contributed by atoms with E-state index in [1.165, 1.54) is 6.07 Å². The molecule has 2 aromatic rings. The number of benzene rings is 2. The summed E-state index contributed by atoms with van der Waals surface area (Å²) in [5.41, 5.74) is 2.62. The number of aryl methyl sites for hydroxylation is 1. The Kier molecular flexibility index (Phi) is 5.21. The highest BCUT2D eigenvalue weighted by Gasteiger charge is 2.25. The van der Waals surface area contributed by atoms with Crippen LogP contribution in [0.4, 0.5) is 17.1 Å². The third-order valence-corrected chi connectivity index (χ3v) is 4.74. The fourth-order valence-electron chi connectivity index (χ4n) is 3.33. The highest BCUT2D eigenvalue weighted by atomic mass is 16.6. The molecule has 1 aliphatic rings. The van der Waals surface area contributed by atoms with Crippen LogP contribution in [0.15, 0.2) is 42.5 Å². The van der Waals surface area contributed by atoms with Gasteiger partial charge in [0, 0.05) is 30.4 Å². The quantitative estimate of drug-likeness (QED) is 0.653. The van der Waals surface area contributed by atoms with Crippen LogP contribution in [0.3, 0.4) is 0 Å². The lowest BCUT2D eigenvalue weighted by atomic mass is 9.99. The SMILES string of the molecule is Cc1ccc(NC(=O)c2ccc(N3CCCC(C)C3)c([N+](=O)[O-])c2)cc1. The van der Waals surface area contributed by atoms with Crippen LogP contribution in [0, 0.1) is 23.0 Å². The van der Waals surface area contributed by atoms with Crippen molar-refractivity contribution in [2.24, 2.45) is 5.92 Å². The molecule has 26 heavy (non-hydrogen) atoms. The second-order valence-corrected chi connectivity index (χ2v) is 6.97. The van der Waals surface area contributed by atoms with Crippen molar-refractivity contribution in [1.29, 1.82) is 0 Å². The van der Waals surface area contributed by atoms with Crippen molar-refractivity contribution in [3.8, 4) is 0 Å². The molecule has 3 rings (SSSR count). The summed E-state index contributed by atoms with van der Waals surface area (Å²) in [6.45, 7) is 5.73. The molecule has 6 nitrogen and oxygen atoms in total. The Morgan fingerprint density at radius 1 is 1.23 bits per heavy atom. The number of piperidine rings is 1. The summed E-state index contributed by atoms with van der Waals surface area (Å²) in [6, 6.07) is 12.1. The van der Waals surface area contributed by atoms with Crippen LogP contribution < -0.4 is 10.2 Å². The Hall–Kier alpha value is -2.89. The highest BCUT2D eigenvalue weighted by molar-refractivity contribution is 6.05. The lowest BCUT2D eigenvalue weighted by Crippen LogP contribution is -2.34. The fraction of sp³-hybridized carbons (Fsp3) is 0.350. The summed E-state index contributed by atoms with van der Waals surface area (Å²) in [5, 5.41) is 14.3. The minimum Gasteiger partial charge on any atom is -0.366 e. The lowest BCUT2D eigenvalue weighted by Gasteiger charge is -2.32. The van der Waals surface area contributed by atoms with Crippen molar-refractivity contribution in [1.82, 2.24) is 0 Å². The number of amides is 1. The maximum absolute atomic E-state index is 12.5. The zero-order chi connectivity index (χ0) is 18.7. The minimum absolute atomic E-state index is 0.0179. The predicted octanol–water partition coefficient (Wildman–Crippen LogP) is 4.39. The fourth-order valence-corrected chi connectivity index (χ4v) is 3.33. The van der Waals surface area contributed by atoms with Gasteiger partial charge in [-0.25, -0.2) is 0 Å². The van der Waals surface area contributed by atoms with Crippen molar-refractivity contribution in [3.63, 3.8) is 0 Å². The molecule has 6 heteroatoms. The Bertz CT molecular complexity index is 818. The van der Waals surface area contributed by atoms with Gasteiger partial charge in [-0.3, -0.25) is 14.9 Å². The number of nitrogens with zero attached hydrogens (tertiary/aromatic N) is 2. The zero-order valence-electron chi connectivity index (χ0n) is 15.1. The Labute approximate surface area is 153 Å². The second kappa shape index (κ2) is 7.56. The summed E-state index contributed by atoms with van der Waals surface area (Å²) < 4.78 is 0. The van der Waals surface area contributed by atoms with E-state index in [2.05, 4.69) is 12.2 Å². The molecule has 1 unspecified atom stereocenters. The lowest BCUT2D eigenvalue weighted by molar-refractivity contribution is -0.384. The Morgan fingerprint density at radius 3 is 2.62 bits per heavy atom. The molecule has 0 bridgehead atoms. The first-order valence-electron chi connectivity index (χ1n) is 8.85. The highest BCUT2D eigenvalue weighted by Crippen LogP contribution is 2.32. The van der Waals surface area contributed by atoms with Gasteiger partial charge in [0.15, 0.2) is 0 Å². The van der Waals surface area contributed by atoms with Gasteiger partial charge < -0.3 is 10.2 Å². The number of rotatable bonds is 4. The molecule has 136 valence electrons. The third-order valence-electron chi connectivity index (χ3n) is 4.74. The van der Waals surface area contributed by atoms with Gasteiger partial charge in [0.1, 0.15) is 5.69 Å². The molecule has 0 radical (unpaired) electrons. The number of hydrogen-bond acceptors (Lipinski definition) is 4. The number of carbonyl (C=O) groups is 1. The molecule has 1 saturated heterocycles. The average molecular weight is 353 g/mol. The van der Waals surface area contributed by atoms with E-state index >= 15 is 0 Å². The van der Waals surface area contributed by atoms with Crippen molar-refractivity contribution >= 4 is 23.0 Å². The first-order chi connectivity index (χ1) is 12.4. The molecule has 0 aromatic heterocycles. The molecule has 1 aliphatic heterocycles. The smallest absolute Gasteiger partial charge is 0.293 e. The minimum atomic E-state index is -0.405. The van der Waals surface area contributed by atoms with Crippen LogP contribution in [0.25, 0.3) is 0 Å². The molecule has 0 saturated carbocycles. The van der Waals surface area contributed by atoms with Crippen LogP contribution in [-0.4, -0.2) is 23.9 Å². The number of nitrogens with one attached hydrogen (secondary N) is 1. The van der Waals surface area contributed by atoms with Crippen LogP contribution in [0.5, 0.6) is 0 Å². The predicted molar refractivity (Wildman–Crippen MR) is 103 cm³/mol. The van der Waals surface area contributed by atoms with E-state index in [0.717, 1.165) is 31.5 Å². The average Bonchev–Trinajstić information content (AvgIpc) is 2.63. The Morgan fingerprint density at radius 2 is 1.96 bits per heavy atom. The van der Waals surface area contributed by atoms with Gasteiger partial charge in [-0.15, -0.1) is 0 Å². The number of nitro benzene ring substituents is 1. The number of anilines is 2. The molecule has 1 fully saturated rings. The van der Waals surface area contributed by atoms with Gasteiger partial charge in [0.2, 0.25) is 0 Å². The van der Waals surface area contributed by atoms with Crippen LogP contribution >= 0.6 is 0 Å². The molecule has 1 atom stereocenters. The van der Waals surface area contributed by atoms with Crippen LogP contribution in [-0.2, 0) is 0 Å². The van der Waals surface area contributed by atoms with E-state index in [-0.39, 0.29) is 17.2 Å². The first kappa shape index (κ1) is 17.9. The molecule has 1 heterocycles. The molecule has 0 aliphatic carbocycles. The van der Waals surface area contributed by atoms with E-state index in [1.807, 2.05) is 36.1 Å². The van der Waals surface area contributed by atoms with E-state index in [9.17, 15) is 14.9 Å². The summed E-state index contributed by atoms with van der Waals surface area (Å²) in [5.74, 6) is 0.156. The van der Waals surface area contributed by atoms with Crippen molar-refractivity contribution in [3.05, 3.63) is 63.7 Å². The normalized spacial score (nSPS) is 17.0. The van der Waals surface area contributed by atoms with Crippen LogP contribution in [0.1, 0.15) is 35.7 Å². The van der Waals surface area contributed by atoms with Gasteiger partial charge in [-0.1, -0.05) is 24.6 Å². The first-order valence-corrected chi connectivity index (χ1v) is 8.85. The van der Waals surface area contributed by atoms with Crippen LogP contribution in [0.2, 0.25) is 0 Å². The zero-order valence-corrected chi connectivity index (χ0v) is 15.1. The number of carbonyl (C=O) groups excluding carboxylic acids is 1. The van der Waals surface area contributed by atoms with E-state index in [0.29, 0.717) is 17.3 Å². The van der Waals surface area contributed by atoms with Crippen molar-refractivity contribution in [2.45, 2.75) is 26.7 Å². The van der Waals surface area contributed by atoms with E-state index < -0.39 is 4.92 Å². The topological polar surface area (TPSA) is 75.5 Å².